The van der Waals surface area contributed by atoms with E-state index in [2.05, 4.69) is 35.6 Å². The van der Waals surface area contributed by atoms with E-state index in [9.17, 15) is 24.0 Å². The lowest BCUT2D eigenvalue weighted by Gasteiger charge is -2.43. The number of hydrogen-bond acceptors (Lipinski definition) is 14. The van der Waals surface area contributed by atoms with Gasteiger partial charge in [0.05, 0.1) is 29.6 Å². The Morgan fingerprint density at radius 2 is 1.64 bits per heavy atom. The maximum atomic E-state index is 13.3. The third-order valence-corrected chi connectivity index (χ3v) is 12.2. The minimum Gasteiger partial charge on any atom is -0.495 e. The lowest BCUT2D eigenvalue weighted by atomic mass is 10.0. The molecular weight excluding hydrogens is 757 g/mol. The quantitative estimate of drug-likeness (QED) is 0.195. The van der Waals surface area contributed by atoms with Crippen molar-refractivity contribution < 1.29 is 33.4 Å². The summed E-state index contributed by atoms with van der Waals surface area (Å²) in [5.74, 6) is -0.997. The Bertz CT molecular complexity index is 2130. The fourth-order valence-corrected chi connectivity index (χ4v) is 8.91. The van der Waals surface area contributed by atoms with Crippen LogP contribution in [0.3, 0.4) is 0 Å². The first-order valence-corrected chi connectivity index (χ1v) is 20.7. The van der Waals surface area contributed by atoms with E-state index in [1.165, 1.54) is 0 Å². The van der Waals surface area contributed by atoms with Gasteiger partial charge in [0, 0.05) is 89.3 Å². The second kappa shape index (κ2) is 17.3. The minimum atomic E-state index is -0.975. The molecule has 3 aromatic rings. The number of piperidine rings is 2. The van der Waals surface area contributed by atoms with Crippen molar-refractivity contribution >= 4 is 52.5 Å². The van der Waals surface area contributed by atoms with Gasteiger partial charge in [0.15, 0.2) is 17.3 Å². The Kier molecular flexibility index (Phi) is 11.8. The van der Waals surface area contributed by atoms with Crippen LogP contribution in [-0.4, -0.2) is 132 Å². The van der Waals surface area contributed by atoms with E-state index in [1.807, 2.05) is 31.2 Å². The summed E-state index contributed by atoms with van der Waals surface area (Å²) in [7, 11) is 1.66. The first-order valence-electron chi connectivity index (χ1n) is 20.7. The number of primary amides is 1. The van der Waals surface area contributed by atoms with Gasteiger partial charge in [-0.05, 0) is 68.4 Å². The first-order chi connectivity index (χ1) is 28.6. The Balaban J connectivity index is 0.850. The zero-order valence-corrected chi connectivity index (χ0v) is 33.6. The van der Waals surface area contributed by atoms with Gasteiger partial charge in [-0.25, -0.2) is 9.97 Å². The van der Waals surface area contributed by atoms with Gasteiger partial charge in [0.2, 0.25) is 11.8 Å². The second-order valence-corrected chi connectivity index (χ2v) is 15.8. The lowest BCUT2D eigenvalue weighted by Crippen LogP contribution is -2.54. The number of piperazine rings is 1. The highest BCUT2D eigenvalue weighted by molar-refractivity contribution is 6.23. The summed E-state index contributed by atoms with van der Waals surface area (Å²) in [5.41, 5.74) is 9.79. The third-order valence-electron chi connectivity index (χ3n) is 12.2. The molecule has 2 aromatic carbocycles. The number of carbonyl (C=O) groups excluding carboxylic acids is 5. The summed E-state index contributed by atoms with van der Waals surface area (Å²) < 4.78 is 11.4. The number of amides is 5. The van der Waals surface area contributed by atoms with E-state index in [0.29, 0.717) is 66.3 Å². The summed E-state index contributed by atoms with van der Waals surface area (Å²) >= 11 is 0. The molecule has 59 heavy (non-hydrogen) atoms. The van der Waals surface area contributed by atoms with E-state index in [1.54, 1.807) is 19.2 Å². The summed E-state index contributed by atoms with van der Waals surface area (Å²) in [4.78, 5) is 80.7. The molecule has 4 saturated heterocycles. The molecule has 0 bridgehead atoms. The Hall–Kier alpha value is -5.65. The highest BCUT2D eigenvalue weighted by Gasteiger charge is 2.44. The van der Waals surface area contributed by atoms with E-state index in [-0.39, 0.29) is 30.4 Å². The number of aromatic nitrogens is 2. The van der Waals surface area contributed by atoms with E-state index in [4.69, 9.17) is 20.2 Å². The lowest BCUT2D eigenvalue weighted by molar-refractivity contribution is -0.136. The molecular formula is C42H52N10O7. The zero-order valence-electron chi connectivity index (χ0n) is 33.6. The van der Waals surface area contributed by atoms with Gasteiger partial charge in [-0.3, -0.25) is 44.0 Å². The molecule has 1 aromatic heterocycles. The van der Waals surface area contributed by atoms with E-state index >= 15 is 0 Å². The average molecular weight is 809 g/mol. The van der Waals surface area contributed by atoms with Gasteiger partial charge in [0.25, 0.3) is 17.7 Å². The number of fused-ring (bicyclic) bond motifs is 1. The van der Waals surface area contributed by atoms with Crippen LogP contribution in [-0.2, 0) is 27.3 Å². The van der Waals surface area contributed by atoms with Crippen LogP contribution in [0.4, 0.5) is 23.0 Å². The zero-order chi connectivity index (χ0) is 41.2. The van der Waals surface area contributed by atoms with Gasteiger partial charge < -0.3 is 30.7 Å². The Morgan fingerprint density at radius 3 is 2.34 bits per heavy atom. The van der Waals surface area contributed by atoms with Gasteiger partial charge >= 0.3 is 0 Å². The predicted octanol–water partition coefficient (Wildman–Crippen LogP) is 2.67. The number of hydrogen-bond donors (Lipinski definition) is 4. The number of carbonyl (C=O) groups is 5. The molecule has 17 nitrogen and oxygen atoms in total. The Morgan fingerprint density at radius 1 is 0.898 bits per heavy atom. The van der Waals surface area contributed by atoms with Crippen LogP contribution >= 0.6 is 0 Å². The molecule has 17 heteroatoms. The molecule has 0 spiro atoms. The van der Waals surface area contributed by atoms with Gasteiger partial charge in [0.1, 0.15) is 11.8 Å². The van der Waals surface area contributed by atoms with Crippen LogP contribution in [0, 0.1) is 0 Å². The van der Waals surface area contributed by atoms with Crippen LogP contribution in [0.15, 0.2) is 36.4 Å². The largest absolute Gasteiger partial charge is 0.495 e. The molecule has 5 aliphatic heterocycles. The summed E-state index contributed by atoms with van der Waals surface area (Å²) in [6, 6.07) is 10.9. The predicted molar refractivity (Wildman–Crippen MR) is 219 cm³/mol. The summed E-state index contributed by atoms with van der Waals surface area (Å²) in [6.07, 6.45) is 4.57. The fourth-order valence-electron chi connectivity index (χ4n) is 8.91. The van der Waals surface area contributed by atoms with E-state index < -0.39 is 35.6 Å². The molecule has 1 unspecified atom stereocenters. The molecule has 6 heterocycles. The average Bonchev–Trinajstić information content (AvgIpc) is 3.49. The van der Waals surface area contributed by atoms with Crippen molar-refractivity contribution in [3.63, 3.8) is 0 Å². The number of anilines is 4. The molecule has 312 valence electrons. The maximum absolute atomic E-state index is 13.3. The van der Waals surface area contributed by atoms with Crippen molar-refractivity contribution in [2.45, 2.75) is 76.5 Å². The minimum absolute atomic E-state index is 0.0859. The fraction of sp³-hybridized carbons (Fsp3) is 0.500. The highest BCUT2D eigenvalue weighted by Crippen LogP contribution is 2.36. The molecule has 8 rings (SSSR count). The standard InChI is InChI=1S/C42H52N10O7/c1-3-31-38(44-26-12-20-59-21-13-26)48-39(36(46-31)37(43)54)45-27-5-7-32(34(23-27)58-2)51-14-10-28(11-15-51)50-18-16-49(17-19-50)24-25-4-6-29-30(22-25)42(57)52(41(29)56)33-8-9-35(53)47-40(33)55/h4-7,22-23,26,28,33H,3,8-21,24H2,1-2H3,(H2,43,54)(H2,44,45,48)(H,47,53,55). The molecule has 5 aliphatic rings. The number of rotatable bonds is 12. The maximum Gasteiger partial charge on any atom is 0.271 e. The number of nitrogens with zero attached hydrogens (tertiary/aromatic N) is 6. The molecule has 5 N–H and O–H groups in total. The molecule has 4 fully saturated rings. The van der Waals surface area contributed by atoms with Crippen molar-refractivity contribution in [3.8, 4) is 5.75 Å². The van der Waals surface area contributed by atoms with Crippen LogP contribution in [0.2, 0.25) is 0 Å². The number of ether oxygens (including phenoxy) is 2. The van der Waals surface area contributed by atoms with Crippen LogP contribution in [0.1, 0.15) is 87.9 Å². The van der Waals surface area contributed by atoms with Crippen molar-refractivity contribution in [1.29, 1.82) is 0 Å². The van der Waals surface area contributed by atoms with Gasteiger partial charge in [-0.15, -0.1) is 0 Å². The number of nitrogens with two attached hydrogens (primary N) is 1. The smallest absolute Gasteiger partial charge is 0.271 e. The number of nitrogens with one attached hydrogen (secondary N) is 3. The van der Waals surface area contributed by atoms with Crippen LogP contribution in [0.5, 0.6) is 5.75 Å². The molecule has 5 amide bonds. The Labute approximate surface area is 343 Å². The van der Waals surface area contributed by atoms with Gasteiger partial charge in [-0.1, -0.05) is 13.0 Å². The first kappa shape index (κ1) is 40.1. The molecule has 1 atom stereocenters. The molecule has 0 saturated carbocycles. The molecule has 0 aliphatic carbocycles. The van der Waals surface area contributed by atoms with Crippen molar-refractivity contribution in [2.24, 2.45) is 5.73 Å². The molecule has 0 radical (unpaired) electrons. The monoisotopic (exact) mass is 808 g/mol. The number of imide groups is 2. The third kappa shape index (κ3) is 8.45. The van der Waals surface area contributed by atoms with Crippen molar-refractivity contribution in [3.05, 3.63) is 64.5 Å². The number of aryl methyl sites for hydroxylation is 1. The SMILES string of the molecule is CCc1nc(C(N)=O)c(Nc2ccc(N3CCC(N4CCN(Cc5ccc6c(c5)C(=O)N(C5CCC(=O)NC5=O)C6=O)CC4)CC3)c(OC)c2)nc1NC1CCOCC1. The number of methoxy groups -OCH3 is 1. The van der Waals surface area contributed by atoms with Crippen molar-refractivity contribution in [1.82, 2.24) is 30.0 Å². The van der Waals surface area contributed by atoms with E-state index in [0.717, 1.165) is 81.1 Å². The van der Waals surface area contributed by atoms with Crippen molar-refractivity contribution in [2.75, 3.05) is 75.1 Å². The van der Waals surface area contributed by atoms with Crippen LogP contribution in [0.25, 0.3) is 0 Å². The van der Waals surface area contributed by atoms with Crippen LogP contribution < -0.4 is 31.3 Å². The second-order valence-electron chi connectivity index (χ2n) is 15.8. The highest BCUT2D eigenvalue weighted by atomic mass is 16.5. The van der Waals surface area contributed by atoms with Gasteiger partial charge in [-0.2, -0.15) is 0 Å². The summed E-state index contributed by atoms with van der Waals surface area (Å²) in [6.45, 7) is 9.38. The number of benzene rings is 2. The summed E-state index contributed by atoms with van der Waals surface area (Å²) in [5, 5.41) is 9.04. The topological polar surface area (TPSA) is 205 Å². The normalized spacial score (nSPS) is 21.1.